The van der Waals surface area contributed by atoms with E-state index in [1.54, 1.807) is 6.20 Å². The molecule has 1 saturated heterocycles. The minimum atomic E-state index is 0.750. The van der Waals surface area contributed by atoms with Crippen molar-refractivity contribution in [3.63, 3.8) is 0 Å². The van der Waals surface area contributed by atoms with E-state index in [4.69, 9.17) is 0 Å². The Bertz CT molecular complexity index is 367. The van der Waals surface area contributed by atoms with Crippen LogP contribution in [0.2, 0.25) is 0 Å². The van der Waals surface area contributed by atoms with Gasteiger partial charge in [0.15, 0.2) is 0 Å². The zero-order valence-electron chi connectivity index (χ0n) is 11.5. The van der Waals surface area contributed by atoms with Crippen molar-refractivity contribution in [2.75, 3.05) is 25.0 Å². The van der Waals surface area contributed by atoms with Gasteiger partial charge in [0.1, 0.15) is 0 Å². The number of anilines is 1. The first kappa shape index (κ1) is 13.3. The second-order valence-corrected chi connectivity index (χ2v) is 5.04. The standard InChI is InChI=1S/C14H24N4/c1-3-13-6-4-5-10-18(13)11-9-16-14-15-8-7-12(2)17-14/h7-8,13H,3-6,9-11H2,1-2H3,(H,15,16,17). The van der Waals surface area contributed by atoms with Crippen molar-refractivity contribution in [3.8, 4) is 0 Å². The van der Waals surface area contributed by atoms with Gasteiger partial charge in [0.2, 0.25) is 5.95 Å². The van der Waals surface area contributed by atoms with Crippen molar-refractivity contribution < 1.29 is 0 Å². The molecule has 0 amide bonds. The van der Waals surface area contributed by atoms with Crippen LogP contribution in [0.5, 0.6) is 0 Å². The summed E-state index contributed by atoms with van der Waals surface area (Å²) in [6.45, 7) is 7.55. The van der Waals surface area contributed by atoms with E-state index in [0.29, 0.717) is 0 Å². The molecule has 0 bridgehead atoms. The maximum atomic E-state index is 4.35. The van der Waals surface area contributed by atoms with E-state index in [1.165, 1.54) is 32.2 Å². The van der Waals surface area contributed by atoms with E-state index in [2.05, 4.69) is 27.1 Å². The fourth-order valence-electron chi connectivity index (χ4n) is 2.66. The van der Waals surface area contributed by atoms with Gasteiger partial charge in [-0.25, -0.2) is 9.97 Å². The number of aromatic nitrogens is 2. The predicted octanol–water partition coefficient (Wildman–Crippen LogP) is 2.46. The van der Waals surface area contributed by atoms with Gasteiger partial charge >= 0.3 is 0 Å². The van der Waals surface area contributed by atoms with Crippen LogP contribution < -0.4 is 5.32 Å². The number of hydrogen-bond acceptors (Lipinski definition) is 4. The molecule has 18 heavy (non-hydrogen) atoms. The molecule has 1 aliphatic heterocycles. The van der Waals surface area contributed by atoms with Crippen LogP contribution in [-0.4, -0.2) is 40.5 Å². The lowest BCUT2D eigenvalue weighted by molar-refractivity contribution is 0.150. The molecule has 0 radical (unpaired) electrons. The first-order valence-electron chi connectivity index (χ1n) is 7.07. The lowest BCUT2D eigenvalue weighted by Crippen LogP contribution is -2.41. The van der Waals surface area contributed by atoms with Crippen molar-refractivity contribution in [1.29, 1.82) is 0 Å². The summed E-state index contributed by atoms with van der Waals surface area (Å²) >= 11 is 0. The molecule has 0 aliphatic carbocycles. The Morgan fingerprint density at radius 1 is 1.44 bits per heavy atom. The van der Waals surface area contributed by atoms with Crippen molar-refractivity contribution >= 4 is 5.95 Å². The van der Waals surface area contributed by atoms with E-state index in [9.17, 15) is 0 Å². The number of nitrogens with one attached hydrogen (secondary N) is 1. The molecule has 0 aromatic carbocycles. The molecule has 0 spiro atoms. The summed E-state index contributed by atoms with van der Waals surface area (Å²) in [6, 6.07) is 2.70. The summed E-state index contributed by atoms with van der Waals surface area (Å²) in [6.07, 6.45) is 7.17. The second kappa shape index (κ2) is 6.69. The molecule has 1 aliphatic rings. The van der Waals surface area contributed by atoms with Gasteiger partial charge in [0.05, 0.1) is 0 Å². The first-order valence-corrected chi connectivity index (χ1v) is 7.07. The molecule has 1 N–H and O–H groups in total. The third-order valence-corrected chi connectivity index (χ3v) is 3.70. The normalized spacial score (nSPS) is 20.9. The molecule has 1 aromatic rings. The SMILES string of the molecule is CCC1CCCCN1CCNc1nccc(C)n1. The average molecular weight is 248 g/mol. The Balaban J connectivity index is 1.77. The van der Waals surface area contributed by atoms with E-state index in [1.807, 2.05) is 13.0 Å². The Morgan fingerprint density at radius 2 is 2.33 bits per heavy atom. The van der Waals surface area contributed by atoms with Crippen LogP contribution in [0.1, 0.15) is 38.3 Å². The fourth-order valence-corrected chi connectivity index (χ4v) is 2.66. The molecule has 1 fully saturated rings. The van der Waals surface area contributed by atoms with Crippen LogP contribution in [0.4, 0.5) is 5.95 Å². The predicted molar refractivity (Wildman–Crippen MR) is 74.8 cm³/mol. The number of piperidine rings is 1. The van der Waals surface area contributed by atoms with Gasteiger partial charge < -0.3 is 5.32 Å². The molecule has 2 rings (SSSR count). The molecule has 4 heteroatoms. The van der Waals surface area contributed by atoms with Gasteiger partial charge in [-0.3, -0.25) is 4.90 Å². The van der Waals surface area contributed by atoms with Crippen LogP contribution in [0.25, 0.3) is 0 Å². The van der Waals surface area contributed by atoms with Crippen molar-refractivity contribution in [1.82, 2.24) is 14.9 Å². The number of rotatable bonds is 5. The highest BCUT2D eigenvalue weighted by molar-refractivity contribution is 5.24. The minimum Gasteiger partial charge on any atom is -0.353 e. The molecule has 1 unspecified atom stereocenters. The first-order chi connectivity index (χ1) is 8.79. The zero-order valence-corrected chi connectivity index (χ0v) is 11.5. The summed E-state index contributed by atoms with van der Waals surface area (Å²) in [7, 11) is 0. The summed E-state index contributed by atoms with van der Waals surface area (Å²) in [5, 5.41) is 3.31. The maximum Gasteiger partial charge on any atom is 0.222 e. The van der Waals surface area contributed by atoms with Crippen LogP contribution in [0, 0.1) is 6.92 Å². The zero-order chi connectivity index (χ0) is 12.8. The number of hydrogen-bond donors (Lipinski definition) is 1. The fraction of sp³-hybridized carbons (Fsp3) is 0.714. The monoisotopic (exact) mass is 248 g/mol. The maximum absolute atomic E-state index is 4.35. The van der Waals surface area contributed by atoms with Crippen LogP contribution in [0.3, 0.4) is 0 Å². The lowest BCUT2D eigenvalue weighted by atomic mass is 10.0. The van der Waals surface area contributed by atoms with Crippen LogP contribution >= 0.6 is 0 Å². The van der Waals surface area contributed by atoms with E-state index in [-0.39, 0.29) is 0 Å². The van der Waals surface area contributed by atoms with Crippen LogP contribution in [-0.2, 0) is 0 Å². The molecule has 100 valence electrons. The topological polar surface area (TPSA) is 41.0 Å². The van der Waals surface area contributed by atoms with Gasteiger partial charge in [-0.2, -0.15) is 0 Å². The van der Waals surface area contributed by atoms with E-state index in [0.717, 1.165) is 30.8 Å². The number of likely N-dealkylation sites (tertiary alicyclic amines) is 1. The number of nitrogens with zero attached hydrogens (tertiary/aromatic N) is 3. The molecule has 0 saturated carbocycles. The van der Waals surface area contributed by atoms with Crippen molar-refractivity contribution in [2.24, 2.45) is 0 Å². The molecule has 2 heterocycles. The third kappa shape index (κ3) is 3.67. The Morgan fingerprint density at radius 3 is 3.11 bits per heavy atom. The Kier molecular flexibility index (Phi) is 4.93. The summed E-state index contributed by atoms with van der Waals surface area (Å²) < 4.78 is 0. The third-order valence-electron chi connectivity index (χ3n) is 3.70. The highest BCUT2D eigenvalue weighted by Gasteiger charge is 2.19. The van der Waals surface area contributed by atoms with Gasteiger partial charge in [0, 0.05) is 31.0 Å². The molecular formula is C14H24N4. The highest BCUT2D eigenvalue weighted by atomic mass is 15.2. The van der Waals surface area contributed by atoms with Gasteiger partial charge in [0.25, 0.3) is 0 Å². The lowest BCUT2D eigenvalue weighted by Gasteiger charge is -2.35. The quantitative estimate of drug-likeness (QED) is 0.869. The van der Waals surface area contributed by atoms with Crippen molar-refractivity contribution in [3.05, 3.63) is 18.0 Å². The van der Waals surface area contributed by atoms with Gasteiger partial charge in [-0.05, 0) is 38.8 Å². The highest BCUT2D eigenvalue weighted by Crippen LogP contribution is 2.18. The molecule has 1 atom stereocenters. The summed E-state index contributed by atoms with van der Waals surface area (Å²) in [5.41, 5.74) is 1.01. The molecule has 1 aromatic heterocycles. The Hall–Kier alpha value is -1.16. The van der Waals surface area contributed by atoms with E-state index < -0.39 is 0 Å². The smallest absolute Gasteiger partial charge is 0.222 e. The van der Waals surface area contributed by atoms with Gasteiger partial charge in [-0.15, -0.1) is 0 Å². The molecule has 4 nitrogen and oxygen atoms in total. The molecular weight excluding hydrogens is 224 g/mol. The largest absolute Gasteiger partial charge is 0.353 e. The average Bonchev–Trinajstić information content (AvgIpc) is 2.39. The van der Waals surface area contributed by atoms with Crippen LogP contribution in [0.15, 0.2) is 12.3 Å². The van der Waals surface area contributed by atoms with Crippen molar-refractivity contribution in [2.45, 2.75) is 45.6 Å². The number of aryl methyl sites for hydroxylation is 1. The minimum absolute atomic E-state index is 0.750. The Labute approximate surface area is 110 Å². The van der Waals surface area contributed by atoms with Gasteiger partial charge in [-0.1, -0.05) is 13.3 Å². The second-order valence-electron chi connectivity index (χ2n) is 5.04. The summed E-state index contributed by atoms with van der Waals surface area (Å²) in [4.78, 5) is 11.2. The summed E-state index contributed by atoms with van der Waals surface area (Å²) in [5.74, 6) is 0.750. The van der Waals surface area contributed by atoms with E-state index >= 15 is 0 Å².